The van der Waals surface area contributed by atoms with Crippen LogP contribution in [-0.2, 0) is 11.3 Å². The minimum absolute atomic E-state index is 0.323. The van der Waals surface area contributed by atoms with Gasteiger partial charge >= 0.3 is 0 Å². The Morgan fingerprint density at radius 3 is 3.00 bits per heavy atom. The van der Waals surface area contributed by atoms with Gasteiger partial charge in [-0.1, -0.05) is 0 Å². The topological polar surface area (TPSA) is 83.8 Å². The van der Waals surface area contributed by atoms with Crippen LogP contribution in [0.15, 0.2) is 6.33 Å². The van der Waals surface area contributed by atoms with Crippen LogP contribution in [0.3, 0.4) is 0 Å². The number of aryl methyl sites for hydroxylation is 1. The maximum absolute atomic E-state index is 10.7. The third kappa shape index (κ3) is 2.55. The second-order valence-electron chi connectivity index (χ2n) is 2.98. The molecule has 0 aromatic carbocycles. The van der Waals surface area contributed by atoms with E-state index in [0.717, 1.165) is 11.4 Å². The van der Waals surface area contributed by atoms with Crippen molar-refractivity contribution in [2.24, 2.45) is 5.73 Å². The number of aromatic amines is 1. The first kappa shape index (κ1) is 9.73. The van der Waals surface area contributed by atoms with Crippen molar-refractivity contribution in [2.75, 3.05) is 0 Å². The molecule has 1 rings (SSSR count). The Hall–Kier alpha value is -1.36. The first-order chi connectivity index (χ1) is 6.11. The van der Waals surface area contributed by atoms with E-state index >= 15 is 0 Å². The molecule has 1 amide bonds. The van der Waals surface area contributed by atoms with Crippen molar-refractivity contribution in [3.63, 3.8) is 0 Å². The van der Waals surface area contributed by atoms with Gasteiger partial charge in [0, 0.05) is 12.2 Å². The first-order valence-electron chi connectivity index (χ1n) is 4.13. The van der Waals surface area contributed by atoms with Crippen molar-refractivity contribution < 1.29 is 4.79 Å². The summed E-state index contributed by atoms with van der Waals surface area (Å²) in [6.07, 6.45) is 1.63. The van der Waals surface area contributed by atoms with Crippen LogP contribution in [0.4, 0.5) is 0 Å². The molecule has 0 saturated heterocycles. The molecule has 5 heteroatoms. The summed E-state index contributed by atoms with van der Waals surface area (Å²) in [7, 11) is 0. The molecule has 0 saturated carbocycles. The zero-order chi connectivity index (χ0) is 9.84. The van der Waals surface area contributed by atoms with Crippen molar-refractivity contribution in [1.29, 1.82) is 0 Å². The number of carbonyl (C=O) groups is 1. The number of carbonyl (C=O) groups excluding carboxylic acids is 1. The standard InChI is InChI=1S/C8H14N4O/c1-5-7(12-4-11-5)3-10-6(2)8(9)13/h4,6,10H,3H2,1-2H3,(H2,9,13)(H,11,12). The van der Waals surface area contributed by atoms with Crippen LogP contribution in [0.1, 0.15) is 18.3 Å². The number of hydrogen-bond acceptors (Lipinski definition) is 3. The molecule has 5 nitrogen and oxygen atoms in total. The van der Waals surface area contributed by atoms with Crippen molar-refractivity contribution in [3.8, 4) is 0 Å². The third-order valence-corrected chi connectivity index (χ3v) is 1.94. The lowest BCUT2D eigenvalue weighted by Crippen LogP contribution is -2.38. The number of nitrogens with one attached hydrogen (secondary N) is 2. The Kier molecular flexibility index (Phi) is 3.02. The molecular formula is C8H14N4O. The van der Waals surface area contributed by atoms with E-state index in [1.807, 2.05) is 6.92 Å². The van der Waals surface area contributed by atoms with Crippen molar-refractivity contribution >= 4 is 5.91 Å². The predicted molar refractivity (Wildman–Crippen MR) is 48.8 cm³/mol. The fourth-order valence-corrected chi connectivity index (χ4v) is 0.916. The number of aromatic nitrogens is 2. The lowest BCUT2D eigenvalue weighted by atomic mass is 10.3. The average Bonchev–Trinajstić information content (AvgIpc) is 2.47. The number of hydrogen-bond donors (Lipinski definition) is 3. The van der Waals surface area contributed by atoms with E-state index in [1.165, 1.54) is 0 Å². The highest BCUT2D eigenvalue weighted by Gasteiger charge is 2.08. The normalized spacial score (nSPS) is 12.8. The molecule has 13 heavy (non-hydrogen) atoms. The summed E-state index contributed by atoms with van der Waals surface area (Å²) < 4.78 is 0. The Balaban J connectivity index is 2.44. The molecule has 0 aliphatic carbocycles. The van der Waals surface area contributed by atoms with Gasteiger partial charge in [0.1, 0.15) is 0 Å². The highest BCUT2D eigenvalue weighted by molar-refractivity contribution is 5.79. The maximum Gasteiger partial charge on any atom is 0.234 e. The van der Waals surface area contributed by atoms with Crippen LogP contribution in [0, 0.1) is 6.92 Å². The number of nitrogens with zero attached hydrogens (tertiary/aromatic N) is 1. The van der Waals surface area contributed by atoms with Crippen LogP contribution in [0.5, 0.6) is 0 Å². The van der Waals surface area contributed by atoms with E-state index in [0.29, 0.717) is 6.54 Å². The van der Waals surface area contributed by atoms with Gasteiger partial charge in [-0.25, -0.2) is 4.98 Å². The van der Waals surface area contributed by atoms with Crippen LogP contribution in [-0.4, -0.2) is 21.9 Å². The summed E-state index contributed by atoms with van der Waals surface area (Å²) in [6.45, 7) is 4.21. The van der Waals surface area contributed by atoms with Crippen molar-refractivity contribution in [2.45, 2.75) is 26.4 Å². The number of H-pyrrole nitrogens is 1. The molecule has 1 heterocycles. The second kappa shape index (κ2) is 4.04. The maximum atomic E-state index is 10.7. The lowest BCUT2D eigenvalue weighted by molar-refractivity contribution is -0.119. The number of imidazole rings is 1. The molecular weight excluding hydrogens is 168 g/mol. The highest BCUT2D eigenvalue weighted by Crippen LogP contribution is 1.99. The van der Waals surface area contributed by atoms with Crippen molar-refractivity contribution in [1.82, 2.24) is 15.3 Å². The Bertz CT molecular complexity index is 294. The summed E-state index contributed by atoms with van der Waals surface area (Å²) in [4.78, 5) is 17.7. The number of nitrogens with two attached hydrogens (primary N) is 1. The van der Waals surface area contributed by atoms with Gasteiger partial charge in [0.05, 0.1) is 18.1 Å². The quantitative estimate of drug-likeness (QED) is 0.596. The number of rotatable bonds is 4. The fourth-order valence-electron chi connectivity index (χ4n) is 0.916. The van der Waals surface area contributed by atoms with Gasteiger partial charge in [0.15, 0.2) is 0 Å². The van der Waals surface area contributed by atoms with Gasteiger partial charge in [-0.05, 0) is 13.8 Å². The fraction of sp³-hybridized carbons (Fsp3) is 0.500. The molecule has 0 aliphatic rings. The Labute approximate surface area is 76.7 Å². The second-order valence-corrected chi connectivity index (χ2v) is 2.98. The molecule has 72 valence electrons. The van der Waals surface area contributed by atoms with Gasteiger partial charge in [0.25, 0.3) is 0 Å². The van der Waals surface area contributed by atoms with Gasteiger partial charge < -0.3 is 16.0 Å². The Morgan fingerprint density at radius 1 is 1.85 bits per heavy atom. The SMILES string of the molecule is Cc1[nH]cnc1CNC(C)C(N)=O. The van der Waals surface area contributed by atoms with Crippen LogP contribution >= 0.6 is 0 Å². The zero-order valence-corrected chi connectivity index (χ0v) is 7.79. The van der Waals surface area contributed by atoms with Crippen molar-refractivity contribution in [3.05, 3.63) is 17.7 Å². The Morgan fingerprint density at radius 2 is 2.54 bits per heavy atom. The van der Waals surface area contributed by atoms with E-state index < -0.39 is 0 Å². The zero-order valence-electron chi connectivity index (χ0n) is 7.79. The third-order valence-electron chi connectivity index (χ3n) is 1.94. The molecule has 1 aromatic rings. The minimum atomic E-state index is -0.354. The van der Waals surface area contributed by atoms with Gasteiger partial charge in [-0.15, -0.1) is 0 Å². The van der Waals surface area contributed by atoms with E-state index in [9.17, 15) is 4.79 Å². The van der Waals surface area contributed by atoms with E-state index in [4.69, 9.17) is 5.73 Å². The lowest BCUT2D eigenvalue weighted by Gasteiger charge is -2.08. The van der Waals surface area contributed by atoms with E-state index in [2.05, 4.69) is 15.3 Å². The molecule has 1 aromatic heterocycles. The molecule has 0 radical (unpaired) electrons. The summed E-state index contributed by atoms with van der Waals surface area (Å²) >= 11 is 0. The smallest absolute Gasteiger partial charge is 0.234 e. The highest BCUT2D eigenvalue weighted by atomic mass is 16.1. The predicted octanol–water partition coefficient (Wildman–Crippen LogP) is -0.318. The summed E-state index contributed by atoms with van der Waals surface area (Å²) in [5.74, 6) is -0.354. The average molecular weight is 182 g/mol. The largest absolute Gasteiger partial charge is 0.368 e. The van der Waals surface area contributed by atoms with Crippen LogP contribution < -0.4 is 11.1 Å². The molecule has 0 fully saturated rings. The molecule has 0 bridgehead atoms. The molecule has 0 aliphatic heterocycles. The molecule has 1 atom stereocenters. The molecule has 0 spiro atoms. The number of primary amides is 1. The van der Waals surface area contributed by atoms with Gasteiger partial charge in [-0.2, -0.15) is 0 Å². The van der Waals surface area contributed by atoms with Crippen LogP contribution in [0.25, 0.3) is 0 Å². The van der Waals surface area contributed by atoms with E-state index in [-0.39, 0.29) is 11.9 Å². The minimum Gasteiger partial charge on any atom is -0.368 e. The number of amides is 1. The molecule has 1 unspecified atom stereocenters. The first-order valence-corrected chi connectivity index (χ1v) is 4.13. The molecule has 4 N–H and O–H groups in total. The van der Waals surface area contributed by atoms with E-state index in [1.54, 1.807) is 13.3 Å². The summed E-state index contributed by atoms with van der Waals surface area (Å²) in [5, 5.41) is 2.97. The van der Waals surface area contributed by atoms with Crippen LogP contribution in [0.2, 0.25) is 0 Å². The van der Waals surface area contributed by atoms with Gasteiger partial charge in [0.2, 0.25) is 5.91 Å². The monoisotopic (exact) mass is 182 g/mol. The van der Waals surface area contributed by atoms with Gasteiger partial charge in [-0.3, -0.25) is 4.79 Å². The summed E-state index contributed by atoms with van der Waals surface area (Å²) in [5.41, 5.74) is 7.00. The summed E-state index contributed by atoms with van der Waals surface area (Å²) in [6, 6.07) is -0.323.